The SMILES string of the molecule is Cc1ccc(C2OC[C@@H]3OC(c4ccc(C(C)C)c(Br)c4)O[C@H]([C@H](O)CO)[C@]3(Br)O2)cc1C. The summed E-state index contributed by atoms with van der Waals surface area (Å²) in [6.45, 7) is 8.08. The van der Waals surface area contributed by atoms with E-state index in [1.165, 1.54) is 11.1 Å². The molecule has 2 aliphatic heterocycles. The summed E-state index contributed by atoms with van der Waals surface area (Å²) < 4.78 is 24.6. The van der Waals surface area contributed by atoms with Crippen LogP contribution in [0, 0.1) is 13.8 Å². The molecular weight excluding hydrogens is 556 g/mol. The van der Waals surface area contributed by atoms with E-state index >= 15 is 0 Å². The van der Waals surface area contributed by atoms with Crippen molar-refractivity contribution in [1.82, 2.24) is 0 Å². The van der Waals surface area contributed by atoms with Gasteiger partial charge in [-0.2, -0.15) is 0 Å². The summed E-state index contributed by atoms with van der Waals surface area (Å²) in [6.07, 6.45) is -4.08. The fourth-order valence-corrected chi connectivity index (χ4v) is 5.87. The van der Waals surface area contributed by atoms with Gasteiger partial charge >= 0.3 is 0 Å². The predicted molar refractivity (Wildman–Crippen MR) is 131 cm³/mol. The Morgan fingerprint density at radius 3 is 2.36 bits per heavy atom. The topological polar surface area (TPSA) is 77.4 Å². The average Bonchev–Trinajstić information content (AvgIpc) is 2.78. The van der Waals surface area contributed by atoms with Gasteiger partial charge in [-0.3, -0.25) is 0 Å². The molecule has 0 saturated carbocycles. The van der Waals surface area contributed by atoms with Crippen molar-refractivity contribution in [2.24, 2.45) is 0 Å². The molecule has 2 N–H and O–H groups in total. The van der Waals surface area contributed by atoms with Crippen molar-refractivity contribution < 1.29 is 29.2 Å². The molecule has 180 valence electrons. The largest absolute Gasteiger partial charge is 0.394 e. The molecule has 0 spiro atoms. The monoisotopic (exact) mass is 584 g/mol. The predicted octanol–water partition coefficient (Wildman–Crippen LogP) is 5.16. The highest BCUT2D eigenvalue weighted by atomic mass is 79.9. The highest BCUT2D eigenvalue weighted by molar-refractivity contribution is 9.10. The maximum atomic E-state index is 10.7. The molecule has 0 radical (unpaired) electrons. The van der Waals surface area contributed by atoms with Crippen molar-refractivity contribution in [3.8, 4) is 0 Å². The van der Waals surface area contributed by atoms with Gasteiger partial charge in [-0.05, 0) is 58.5 Å². The maximum absolute atomic E-state index is 10.7. The van der Waals surface area contributed by atoms with E-state index in [1.54, 1.807) is 0 Å². The number of aliphatic hydroxyl groups is 2. The number of ether oxygens (including phenoxy) is 4. The zero-order valence-electron chi connectivity index (χ0n) is 19.1. The second-order valence-electron chi connectivity index (χ2n) is 9.02. The van der Waals surface area contributed by atoms with Gasteiger partial charge in [0, 0.05) is 15.6 Å². The van der Waals surface area contributed by atoms with Crippen LogP contribution in [0.4, 0.5) is 0 Å². The lowest BCUT2D eigenvalue weighted by atomic mass is 9.98. The third-order valence-electron chi connectivity index (χ3n) is 6.33. The number of alkyl halides is 1. The molecule has 2 aromatic carbocycles. The molecule has 2 unspecified atom stereocenters. The molecular formula is C25H30Br2O6. The van der Waals surface area contributed by atoms with Gasteiger partial charge in [0.25, 0.3) is 0 Å². The molecule has 33 heavy (non-hydrogen) atoms. The molecule has 6 atom stereocenters. The van der Waals surface area contributed by atoms with Crippen LogP contribution in [-0.4, -0.2) is 46.2 Å². The van der Waals surface area contributed by atoms with E-state index in [1.807, 2.05) is 50.2 Å². The fraction of sp³-hybridized carbons (Fsp3) is 0.520. The Hall–Kier alpha value is -0.840. The Balaban J connectivity index is 1.62. The van der Waals surface area contributed by atoms with Crippen LogP contribution in [-0.2, 0) is 18.9 Å². The smallest absolute Gasteiger partial charge is 0.186 e. The summed E-state index contributed by atoms with van der Waals surface area (Å²) in [5, 5.41) is 20.4. The van der Waals surface area contributed by atoms with E-state index in [9.17, 15) is 10.2 Å². The second-order valence-corrected chi connectivity index (χ2v) is 11.1. The molecule has 0 bridgehead atoms. The molecule has 0 aliphatic carbocycles. The number of hydrogen-bond acceptors (Lipinski definition) is 6. The van der Waals surface area contributed by atoms with Crippen LogP contribution in [0.5, 0.6) is 0 Å². The Bertz CT molecular complexity index is 999. The highest BCUT2D eigenvalue weighted by Crippen LogP contribution is 2.49. The summed E-state index contributed by atoms with van der Waals surface area (Å²) in [6, 6.07) is 12.0. The molecule has 2 fully saturated rings. The van der Waals surface area contributed by atoms with E-state index in [4.69, 9.17) is 18.9 Å². The summed E-state index contributed by atoms with van der Waals surface area (Å²) in [4.78, 5) is 0. The van der Waals surface area contributed by atoms with Crippen LogP contribution in [0.1, 0.15) is 60.2 Å². The van der Waals surface area contributed by atoms with Gasteiger partial charge < -0.3 is 29.2 Å². The fourth-order valence-electron chi connectivity index (χ4n) is 4.19. The van der Waals surface area contributed by atoms with Gasteiger partial charge in [0.15, 0.2) is 17.1 Å². The quantitative estimate of drug-likeness (QED) is 0.472. The van der Waals surface area contributed by atoms with Gasteiger partial charge in [0.2, 0.25) is 0 Å². The first-order valence-corrected chi connectivity index (χ1v) is 12.7. The van der Waals surface area contributed by atoms with E-state index in [0.717, 1.165) is 21.2 Å². The van der Waals surface area contributed by atoms with Crippen LogP contribution >= 0.6 is 31.9 Å². The van der Waals surface area contributed by atoms with Gasteiger partial charge in [-0.1, -0.05) is 60.1 Å². The molecule has 4 rings (SSSR count). The first kappa shape index (κ1) is 25.3. The average molecular weight is 586 g/mol. The molecule has 0 amide bonds. The molecule has 2 aromatic rings. The number of halogens is 2. The Labute approximate surface area is 211 Å². The first-order valence-electron chi connectivity index (χ1n) is 11.1. The maximum Gasteiger partial charge on any atom is 0.186 e. The molecule has 2 saturated heterocycles. The molecule has 6 nitrogen and oxygen atoms in total. The van der Waals surface area contributed by atoms with Crippen molar-refractivity contribution in [3.05, 3.63) is 68.7 Å². The molecule has 2 aliphatic rings. The number of fused-ring (bicyclic) bond motifs is 1. The van der Waals surface area contributed by atoms with E-state index in [-0.39, 0.29) is 6.61 Å². The highest BCUT2D eigenvalue weighted by Gasteiger charge is 2.58. The minimum atomic E-state index is -1.21. The number of hydrogen-bond donors (Lipinski definition) is 2. The van der Waals surface area contributed by atoms with Crippen LogP contribution in [0.3, 0.4) is 0 Å². The summed E-state index contributed by atoms with van der Waals surface area (Å²) in [7, 11) is 0. The number of benzene rings is 2. The number of aryl methyl sites for hydroxylation is 2. The molecule has 8 heteroatoms. The van der Waals surface area contributed by atoms with Crippen LogP contribution in [0.15, 0.2) is 40.9 Å². The standard InChI is InChI=1S/C25H30Br2O6/c1-13(2)18-8-7-17(10-19(18)26)24-31-21-12-30-23(16-6-5-14(3)15(4)9-16)33-25(21,27)22(32-24)20(29)11-28/h5-10,13,20-24,28-29H,11-12H2,1-4H3/t20-,21+,22-,23?,24?,25-/m1/s1. The van der Waals surface area contributed by atoms with E-state index < -0.39 is 42.0 Å². The van der Waals surface area contributed by atoms with Gasteiger partial charge in [-0.15, -0.1) is 0 Å². The van der Waals surface area contributed by atoms with Crippen molar-refractivity contribution in [1.29, 1.82) is 0 Å². The third-order valence-corrected chi connectivity index (χ3v) is 8.17. The van der Waals surface area contributed by atoms with Crippen molar-refractivity contribution in [2.45, 2.75) is 69.0 Å². The normalized spacial score (nSPS) is 30.8. The van der Waals surface area contributed by atoms with Gasteiger partial charge in [0.1, 0.15) is 18.3 Å². The van der Waals surface area contributed by atoms with Gasteiger partial charge in [0.05, 0.1) is 13.2 Å². The van der Waals surface area contributed by atoms with E-state index in [2.05, 4.69) is 45.7 Å². The van der Waals surface area contributed by atoms with Gasteiger partial charge in [-0.25, -0.2) is 0 Å². The van der Waals surface area contributed by atoms with Crippen molar-refractivity contribution >= 4 is 31.9 Å². The Kier molecular flexibility index (Phi) is 7.68. The number of rotatable bonds is 5. The Morgan fingerprint density at radius 2 is 1.73 bits per heavy atom. The number of aliphatic hydroxyl groups excluding tert-OH is 2. The van der Waals surface area contributed by atoms with Crippen molar-refractivity contribution in [3.63, 3.8) is 0 Å². The van der Waals surface area contributed by atoms with E-state index in [0.29, 0.717) is 5.92 Å². The Morgan fingerprint density at radius 1 is 1.03 bits per heavy atom. The lowest BCUT2D eigenvalue weighted by molar-refractivity contribution is -0.383. The third kappa shape index (κ3) is 4.95. The zero-order chi connectivity index (χ0) is 23.9. The van der Waals surface area contributed by atoms with Crippen molar-refractivity contribution in [2.75, 3.05) is 13.2 Å². The van der Waals surface area contributed by atoms with Crippen LogP contribution in [0.2, 0.25) is 0 Å². The minimum Gasteiger partial charge on any atom is -0.394 e. The zero-order valence-corrected chi connectivity index (χ0v) is 22.3. The lowest BCUT2D eigenvalue weighted by Crippen LogP contribution is -2.64. The second kappa shape index (κ2) is 10.0. The summed E-state index contributed by atoms with van der Waals surface area (Å²) >= 11 is 7.30. The van der Waals surface area contributed by atoms with Crippen LogP contribution in [0.25, 0.3) is 0 Å². The minimum absolute atomic E-state index is 0.225. The first-order chi connectivity index (χ1) is 15.6. The lowest BCUT2D eigenvalue weighted by Gasteiger charge is -2.52. The summed E-state index contributed by atoms with van der Waals surface area (Å²) in [5.74, 6) is 0.364. The molecule has 2 heterocycles. The summed E-state index contributed by atoms with van der Waals surface area (Å²) in [5.41, 5.74) is 5.15. The van der Waals surface area contributed by atoms with Crippen LogP contribution < -0.4 is 0 Å². The molecule has 0 aromatic heterocycles.